The molecule has 0 saturated heterocycles. The Morgan fingerprint density at radius 2 is 1.46 bits per heavy atom. The zero-order valence-electron chi connectivity index (χ0n) is 25.3. The highest BCUT2D eigenvalue weighted by molar-refractivity contribution is 9.10. The fourth-order valence-electron chi connectivity index (χ4n) is 3.98. The third kappa shape index (κ3) is 8.03. The van der Waals surface area contributed by atoms with E-state index in [9.17, 15) is 8.42 Å². The van der Waals surface area contributed by atoms with Gasteiger partial charge < -0.3 is 18.9 Å². The molecule has 5 aromatic rings. The van der Waals surface area contributed by atoms with Gasteiger partial charge >= 0.3 is 6.01 Å². The highest BCUT2D eigenvalue weighted by Gasteiger charge is 2.26. The average Bonchev–Trinajstić information content (AvgIpc) is 3.05. The number of halogens is 1. The van der Waals surface area contributed by atoms with Gasteiger partial charge in [0, 0.05) is 24.8 Å². The first-order valence-corrected chi connectivity index (χ1v) is 16.2. The maximum Gasteiger partial charge on any atom is 0.316 e. The van der Waals surface area contributed by atoms with E-state index in [1.807, 2.05) is 20.8 Å². The Hall–Kier alpha value is -4.89. The van der Waals surface area contributed by atoms with Crippen LogP contribution in [0.25, 0.3) is 11.6 Å². The van der Waals surface area contributed by atoms with Crippen molar-refractivity contribution >= 4 is 31.8 Å². The van der Waals surface area contributed by atoms with Gasteiger partial charge in [-0.05, 0) is 57.2 Å². The predicted octanol–water partition coefficient (Wildman–Crippen LogP) is 5.84. The molecule has 0 spiro atoms. The first kappa shape index (κ1) is 32.5. The fourth-order valence-corrected chi connectivity index (χ4v) is 5.19. The Kier molecular flexibility index (Phi) is 9.92. The van der Waals surface area contributed by atoms with E-state index in [-0.39, 0.29) is 64.4 Å². The number of nitrogens with zero attached hydrogens (tertiary/aromatic N) is 6. The number of nitrogens with one attached hydrogen (secondary N) is 1. The molecule has 0 bridgehead atoms. The van der Waals surface area contributed by atoms with Crippen molar-refractivity contribution in [1.82, 2.24) is 29.9 Å². The Labute approximate surface area is 274 Å². The van der Waals surface area contributed by atoms with Gasteiger partial charge in [0.25, 0.3) is 15.9 Å². The van der Waals surface area contributed by atoms with E-state index in [0.29, 0.717) is 10.2 Å². The first-order chi connectivity index (χ1) is 22.0. The Balaban J connectivity index is 1.55. The van der Waals surface area contributed by atoms with Gasteiger partial charge in [-0.15, -0.1) is 0 Å². The number of hydrogen-bond donors (Lipinski definition) is 1. The molecule has 238 valence electrons. The molecule has 1 N–H and O–H groups in total. The number of methoxy groups -OCH3 is 1. The van der Waals surface area contributed by atoms with Gasteiger partial charge in [0.15, 0.2) is 23.1 Å². The summed E-state index contributed by atoms with van der Waals surface area (Å²) < 4.78 is 54.0. The lowest BCUT2D eigenvalue weighted by atomic mass is 9.87. The van der Waals surface area contributed by atoms with Crippen molar-refractivity contribution < 1.29 is 27.4 Å². The van der Waals surface area contributed by atoms with Crippen LogP contribution in [0.15, 0.2) is 88.8 Å². The van der Waals surface area contributed by atoms with Crippen LogP contribution in [-0.4, -0.2) is 58.6 Å². The zero-order chi connectivity index (χ0) is 32.7. The van der Waals surface area contributed by atoms with Crippen LogP contribution in [0.3, 0.4) is 0 Å². The highest BCUT2D eigenvalue weighted by atomic mass is 79.9. The number of aromatic nitrogens is 6. The second-order valence-corrected chi connectivity index (χ2v) is 13.2. The van der Waals surface area contributed by atoms with Crippen molar-refractivity contribution in [3.63, 3.8) is 0 Å². The Morgan fingerprint density at radius 1 is 0.804 bits per heavy atom. The molecule has 0 unspecified atom stereocenters. The standard InChI is InChI=1S/C31H30BrN7O6S/c1-31(2,3)20-10-12-22(13-11-20)46(40,41)39-26-25(45-24-9-6-5-8-23(24)42-4)29(38-28(37-26)27-33-14-7-15-34-27)43-16-17-44-30-35-18-21(32)19-36-30/h5-15,18-19H,16-17H2,1-4H3,(H,37,38,39). The monoisotopic (exact) mass is 707 g/mol. The van der Waals surface area contributed by atoms with Crippen LogP contribution in [0.2, 0.25) is 0 Å². The number of para-hydroxylation sites is 2. The number of benzene rings is 2. The van der Waals surface area contributed by atoms with E-state index in [1.165, 1.54) is 31.6 Å². The topological polar surface area (TPSA) is 160 Å². The molecular formula is C31H30BrN7O6S. The van der Waals surface area contributed by atoms with Gasteiger partial charge in [-0.1, -0.05) is 45.0 Å². The van der Waals surface area contributed by atoms with E-state index in [1.54, 1.807) is 54.9 Å². The van der Waals surface area contributed by atoms with Gasteiger partial charge in [-0.3, -0.25) is 4.72 Å². The van der Waals surface area contributed by atoms with Crippen LogP contribution in [0.1, 0.15) is 26.3 Å². The fraction of sp³-hybridized carbons (Fsp3) is 0.226. The minimum atomic E-state index is -4.18. The van der Waals surface area contributed by atoms with Crippen molar-refractivity contribution in [2.24, 2.45) is 0 Å². The maximum absolute atomic E-state index is 13.7. The quantitative estimate of drug-likeness (QED) is 0.154. The summed E-state index contributed by atoms with van der Waals surface area (Å²) >= 11 is 3.28. The van der Waals surface area contributed by atoms with E-state index in [0.717, 1.165) is 5.56 Å². The third-order valence-electron chi connectivity index (χ3n) is 6.29. The molecular weight excluding hydrogens is 678 g/mol. The Bertz CT molecular complexity index is 1890. The van der Waals surface area contributed by atoms with Gasteiger partial charge in [0.1, 0.15) is 13.2 Å². The van der Waals surface area contributed by atoms with Gasteiger partial charge in [0.2, 0.25) is 11.6 Å². The second kappa shape index (κ2) is 14.0. The predicted molar refractivity (Wildman–Crippen MR) is 173 cm³/mol. The lowest BCUT2D eigenvalue weighted by molar-refractivity contribution is 0.197. The minimum Gasteiger partial charge on any atom is -0.493 e. The summed E-state index contributed by atoms with van der Waals surface area (Å²) in [6, 6.07) is 15.2. The highest BCUT2D eigenvalue weighted by Crippen LogP contribution is 2.41. The van der Waals surface area contributed by atoms with Crippen LogP contribution < -0.4 is 23.7 Å². The molecule has 15 heteroatoms. The molecule has 13 nitrogen and oxygen atoms in total. The number of hydrogen-bond acceptors (Lipinski definition) is 12. The molecule has 3 heterocycles. The molecule has 46 heavy (non-hydrogen) atoms. The molecule has 0 atom stereocenters. The molecule has 0 amide bonds. The van der Waals surface area contributed by atoms with Crippen LogP contribution in [-0.2, 0) is 15.4 Å². The van der Waals surface area contributed by atoms with Gasteiger partial charge in [-0.2, -0.15) is 4.98 Å². The second-order valence-electron chi connectivity index (χ2n) is 10.6. The van der Waals surface area contributed by atoms with Gasteiger partial charge in [-0.25, -0.2) is 33.3 Å². The molecule has 5 rings (SSSR count). The van der Waals surface area contributed by atoms with Crippen LogP contribution in [0.4, 0.5) is 5.82 Å². The smallest absolute Gasteiger partial charge is 0.316 e. The molecule has 0 aliphatic rings. The van der Waals surface area contributed by atoms with Crippen LogP contribution >= 0.6 is 15.9 Å². The largest absolute Gasteiger partial charge is 0.493 e. The first-order valence-electron chi connectivity index (χ1n) is 13.9. The minimum absolute atomic E-state index is 0.0130. The van der Waals surface area contributed by atoms with Crippen molar-refractivity contribution in [2.75, 3.05) is 25.0 Å². The van der Waals surface area contributed by atoms with Crippen LogP contribution in [0, 0.1) is 0 Å². The van der Waals surface area contributed by atoms with Crippen molar-refractivity contribution in [2.45, 2.75) is 31.1 Å². The Morgan fingerprint density at radius 3 is 2.11 bits per heavy atom. The average molecular weight is 709 g/mol. The summed E-state index contributed by atoms with van der Waals surface area (Å²) in [4.78, 5) is 25.6. The van der Waals surface area contributed by atoms with E-state index in [4.69, 9.17) is 18.9 Å². The summed E-state index contributed by atoms with van der Waals surface area (Å²) in [5, 5.41) is 0. The summed E-state index contributed by atoms with van der Waals surface area (Å²) in [6.45, 7) is 6.11. The molecule has 0 aliphatic heterocycles. The number of anilines is 1. The lowest BCUT2D eigenvalue weighted by Gasteiger charge is -2.20. The normalized spacial score (nSPS) is 11.5. The SMILES string of the molecule is COc1ccccc1Oc1c(NS(=O)(=O)c2ccc(C(C)(C)C)cc2)nc(-c2ncccn2)nc1OCCOc1ncc(Br)cn1. The van der Waals surface area contributed by atoms with E-state index < -0.39 is 10.0 Å². The van der Waals surface area contributed by atoms with Gasteiger partial charge in [0.05, 0.1) is 16.5 Å². The molecule has 2 aromatic carbocycles. The number of rotatable bonds is 12. The molecule has 3 aromatic heterocycles. The van der Waals surface area contributed by atoms with E-state index in [2.05, 4.69) is 50.6 Å². The third-order valence-corrected chi connectivity index (χ3v) is 8.06. The maximum atomic E-state index is 13.7. The lowest BCUT2D eigenvalue weighted by Crippen LogP contribution is -2.18. The van der Waals surface area contributed by atoms with E-state index >= 15 is 0 Å². The molecule has 0 fully saturated rings. The molecule has 0 saturated carbocycles. The number of ether oxygens (including phenoxy) is 4. The summed E-state index contributed by atoms with van der Waals surface area (Å²) in [5.74, 6) is 0.313. The van der Waals surface area contributed by atoms with Crippen LogP contribution in [0.5, 0.6) is 29.1 Å². The molecule has 0 radical (unpaired) electrons. The summed E-state index contributed by atoms with van der Waals surface area (Å²) in [5.41, 5.74) is 0.811. The zero-order valence-corrected chi connectivity index (χ0v) is 27.7. The summed E-state index contributed by atoms with van der Waals surface area (Å²) in [7, 11) is -2.69. The number of sulfonamides is 1. The van der Waals surface area contributed by atoms with Crippen molar-refractivity contribution in [1.29, 1.82) is 0 Å². The van der Waals surface area contributed by atoms with Crippen molar-refractivity contribution in [3.05, 3.63) is 89.4 Å². The van der Waals surface area contributed by atoms with Crippen molar-refractivity contribution in [3.8, 4) is 40.8 Å². The summed E-state index contributed by atoms with van der Waals surface area (Å²) in [6.07, 6.45) is 6.12. The molecule has 0 aliphatic carbocycles.